The van der Waals surface area contributed by atoms with Crippen molar-refractivity contribution in [2.24, 2.45) is 0 Å². The molecule has 3 rings (SSSR count). The highest BCUT2D eigenvalue weighted by molar-refractivity contribution is 7.99. The van der Waals surface area contributed by atoms with Gasteiger partial charge in [0.25, 0.3) is 0 Å². The van der Waals surface area contributed by atoms with E-state index < -0.39 is 11.9 Å². The lowest BCUT2D eigenvalue weighted by Crippen LogP contribution is -2.16. The van der Waals surface area contributed by atoms with E-state index >= 15 is 0 Å². The number of methoxy groups -OCH3 is 2. The molecule has 1 amide bonds. The van der Waals surface area contributed by atoms with Crippen molar-refractivity contribution in [2.45, 2.75) is 43.3 Å². The van der Waals surface area contributed by atoms with Crippen LogP contribution in [0.2, 0.25) is 0 Å². The van der Waals surface area contributed by atoms with E-state index in [2.05, 4.69) is 22.1 Å². The first-order chi connectivity index (χ1) is 15.5. The van der Waals surface area contributed by atoms with Gasteiger partial charge in [-0.15, -0.1) is 16.8 Å². The van der Waals surface area contributed by atoms with Crippen molar-refractivity contribution >= 4 is 35.3 Å². The highest BCUT2D eigenvalue weighted by Crippen LogP contribution is 2.34. The van der Waals surface area contributed by atoms with Crippen LogP contribution in [0.5, 0.6) is 0 Å². The van der Waals surface area contributed by atoms with Gasteiger partial charge in [0.05, 0.1) is 31.1 Å². The van der Waals surface area contributed by atoms with Crippen LogP contribution < -0.4 is 5.32 Å². The molecule has 0 saturated heterocycles. The number of benzene rings is 1. The van der Waals surface area contributed by atoms with Crippen molar-refractivity contribution < 1.29 is 23.9 Å². The van der Waals surface area contributed by atoms with Crippen LogP contribution in [0.25, 0.3) is 0 Å². The predicted octanol–water partition coefficient (Wildman–Crippen LogP) is 3.43. The molecule has 1 aromatic carbocycles. The van der Waals surface area contributed by atoms with Crippen molar-refractivity contribution in [3.05, 3.63) is 47.8 Å². The number of rotatable bonds is 9. The van der Waals surface area contributed by atoms with Gasteiger partial charge < -0.3 is 19.4 Å². The molecular formula is C22H26N4O5S. The quantitative estimate of drug-likeness (QED) is 0.346. The van der Waals surface area contributed by atoms with E-state index in [1.807, 2.05) is 4.57 Å². The molecule has 1 aromatic heterocycles. The molecule has 0 atom stereocenters. The second-order valence-corrected chi connectivity index (χ2v) is 8.28. The van der Waals surface area contributed by atoms with E-state index in [0.29, 0.717) is 17.6 Å². The number of hydrogen-bond acceptors (Lipinski definition) is 8. The maximum Gasteiger partial charge on any atom is 0.337 e. The molecule has 0 bridgehead atoms. The summed E-state index contributed by atoms with van der Waals surface area (Å²) in [6, 6.07) is 4.24. The van der Waals surface area contributed by atoms with Crippen LogP contribution in [0.15, 0.2) is 36.0 Å². The standard InChI is InChI=1S/C22H26N4O5S/c1-4-9-26-19(14-7-5-6-8-14)24-25-22(26)32-13-18(27)23-17-11-15(20(28)30-2)10-16(12-17)21(29)31-3/h4,10-12,14H,1,5-9,13H2,2-3H3,(H,23,27). The average Bonchev–Trinajstić information content (AvgIpc) is 3.46. The molecule has 0 radical (unpaired) electrons. The van der Waals surface area contributed by atoms with Gasteiger partial charge in [0.2, 0.25) is 5.91 Å². The molecule has 1 N–H and O–H groups in total. The van der Waals surface area contributed by atoms with Crippen molar-refractivity contribution in [3.8, 4) is 0 Å². The van der Waals surface area contributed by atoms with Crippen LogP contribution in [0, 0.1) is 0 Å². The Morgan fingerprint density at radius 3 is 2.31 bits per heavy atom. The minimum absolute atomic E-state index is 0.0793. The maximum absolute atomic E-state index is 12.6. The van der Waals surface area contributed by atoms with Gasteiger partial charge in [-0.25, -0.2) is 9.59 Å². The zero-order valence-corrected chi connectivity index (χ0v) is 18.9. The molecule has 1 aliphatic carbocycles. The number of aromatic nitrogens is 3. The zero-order valence-electron chi connectivity index (χ0n) is 18.1. The number of carbonyl (C=O) groups excluding carboxylic acids is 3. The molecule has 32 heavy (non-hydrogen) atoms. The normalized spacial score (nSPS) is 13.6. The SMILES string of the molecule is C=CCn1c(SCC(=O)Nc2cc(C(=O)OC)cc(C(=O)OC)c2)nnc1C1CCCC1. The molecule has 0 unspecified atom stereocenters. The number of anilines is 1. The summed E-state index contributed by atoms with van der Waals surface area (Å²) in [6.07, 6.45) is 6.36. The van der Waals surface area contributed by atoms with E-state index in [-0.39, 0.29) is 28.5 Å². The van der Waals surface area contributed by atoms with Gasteiger partial charge >= 0.3 is 11.9 Å². The minimum atomic E-state index is -0.627. The Morgan fingerprint density at radius 2 is 1.75 bits per heavy atom. The molecule has 0 spiro atoms. The van der Waals surface area contributed by atoms with Gasteiger partial charge in [-0.2, -0.15) is 0 Å². The first-order valence-electron chi connectivity index (χ1n) is 10.2. The Morgan fingerprint density at radius 1 is 1.12 bits per heavy atom. The third-order valence-electron chi connectivity index (χ3n) is 5.17. The van der Waals surface area contributed by atoms with Crippen LogP contribution in [0.1, 0.15) is 58.1 Å². The molecule has 0 aliphatic heterocycles. The summed E-state index contributed by atoms with van der Waals surface area (Å²) >= 11 is 1.27. The smallest absolute Gasteiger partial charge is 0.337 e. The molecule has 2 aromatic rings. The number of allylic oxidation sites excluding steroid dienone is 1. The van der Waals surface area contributed by atoms with Crippen molar-refractivity contribution in [3.63, 3.8) is 0 Å². The number of amides is 1. The number of ether oxygens (including phenoxy) is 2. The Kier molecular flexibility index (Phi) is 8.04. The summed E-state index contributed by atoms with van der Waals surface area (Å²) in [4.78, 5) is 36.4. The van der Waals surface area contributed by atoms with Gasteiger partial charge in [-0.3, -0.25) is 4.79 Å². The van der Waals surface area contributed by atoms with E-state index in [4.69, 9.17) is 9.47 Å². The fraction of sp³-hybridized carbons (Fsp3) is 0.409. The maximum atomic E-state index is 12.6. The fourth-order valence-electron chi connectivity index (χ4n) is 3.69. The van der Waals surface area contributed by atoms with E-state index in [1.165, 1.54) is 57.0 Å². The molecule has 9 nitrogen and oxygen atoms in total. The second kappa shape index (κ2) is 10.9. The summed E-state index contributed by atoms with van der Waals surface area (Å²) in [5.74, 6) is -0.156. The van der Waals surface area contributed by atoms with Gasteiger partial charge in [0.1, 0.15) is 5.82 Å². The molecular weight excluding hydrogens is 432 g/mol. The van der Waals surface area contributed by atoms with Crippen molar-refractivity contribution in [2.75, 3.05) is 25.3 Å². The Bertz CT molecular complexity index is 979. The van der Waals surface area contributed by atoms with Crippen molar-refractivity contribution in [1.82, 2.24) is 14.8 Å². The second-order valence-electron chi connectivity index (χ2n) is 7.34. The lowest BCUT2D eigenvalue weighted by Gasteiger charge is -2.12. The molecule has 1 heterocycles. The summed E-state index contributed by atoms with van der Waals surface area (Å²) < 4.78 is 11.4. The van der Waals surface area contributed by atoms with Crippen LogP contribution >= 0.6 is 11.8 Å². The van der Waals surface area contributed by atoms with Gasteiger partial charge in [-0.05, 0) is 31.0 Å². The van der Waals surface area contributed by atoms with Crippen LogP contribution in [0.4, 0.5) is 5.69 Å². The third-order valence-corrected chi connectivity index (χ3v) is 6.14. The number of hydrogen-bond donors (Lipinski definition) is 1. The minimum Gasteiger partial charge on any atom is -0.465 e. The predicted molar refractivity (Wildman–Crippen MR) is 120 cm³/mol. The summed E-state index contributed by atoms with van der Waals surface area (Å²) in [6.45, 7) is 4.39. The molecule has 1 saturated carbocycles. The Balaban J connectivity index is 1.71. The summed E-state index contributed by atoms with van der Waals surface area (Å²) in [5, 5.41) is 12.0. The summed E-state index contributed by atoms with van der Waals surface area (Å²) in [7, 11) is 2.47. The van der Waals surface area contributed by atoms with E-state index in [9.17, 15) is 14.4 Å². The Hall–Kier alpha value is -3.14. The average molecular weight is 459 g/mol. The van der Waals surface area contributed by atoms with Crippen molar-refractivity contribution in [1.29, 1.82) is 0 Å². The number of carbonyl (C=O) groups is 3. The van der Waals surface area contributed by atoms with E-state index in [0.717, 1.165) is 18.7 Å². The zero-order chi connectivity index (χ0) is 23.1. The largest absolute Gasteiger partial charge is 0.465 e. The third kappa shape index (κ3) is 5.56. The van der Waals surface area contributed by atoms with Crippen LogP contribution in [0.3, 0.4) is 0 Å². The highest BCUT2D eigenvalue weighted by Gasteiger charge is 2.24. The first kappa shape index (κ1) is 23.5. The molecule has 170 valence electrons. The molecule has 1 aliphatic rings. The highest BCUT2D eigenvalue weighted by atomic mass is 32.2. The Labute approximate surface area is 190 Å². The van der Waals surface area contributed by atoms with Gasteiger partial charge in [-0.1, -0.05) is 30.7 Å². The van der Waals surface area contributed by atoms with Crippen LogP contribution in [-0.2, 0) is 20.8 Å². The fourth-order valence-corrected chi connectivity index (χ4v) is 4.45. The summed E-state index contributed by atoms with van der Waals surface area (Å²) in [5.41, 5.74) is 0.550. The number of nitrogens with one attached hydrogen (secondary N) is 1. The topological polar surface area (TPSA) is 112 Å². The van der Waals surface area contributed by atoms with Gasteiger partial charge in [0.15, 0.2) is 5.16 Å². The van der Waals surface area contributed by atoms with E-state index in [1.54, 1.807) is 6.08 Å². The van der Waals surface area contributed by atoms with Gasteiger partial charge in [0, 0.05) is 18.2 Å². The number of esters is 2. The monoisotopic (exact) mass is 458 g/mol. The lowest BCUT2D eigenvalue weighted by atomic mass is 10.1. The molecule has 1 fully saturated rings. The molecule has 10 heteroatoms. The first-order valence-corrected chi connectivity index (χ1v) is 11.2. The number of nitrogens with zero attached hydrogens (tertiary/aromatic N) is 3. The lowest BCUT2D eigenvalue weighted by molar-refractivity contribution is -0.113. The number of thioether (sulfide) groups is 1. The van der Waals surface area contributed by atoms with Crippen LogP contribution in [-0.4, -0.2) is 52.6 Å².